The molecular formula is C12H24ClN3O2. The summed E-state index contributed by atoms with van der Waals surface area (Å²) in [5, 5.41) is 2.85. The van der Waals surface area contributed by atoms with E-state index in [1.165, 1.54) is 4.90 Å². The fourth-order valence-electron chi connectivity index (χ4n) is 1.55. The van der Waals surface area contributed by atoms with Crippen LogP contribution >= 0.6 is 12.4 Å². The molecule has 2 atom stereocenters. The molecule has 106 valence electrons. The highest BCUT2D eigenvalue weighted by Gasteiger charge is 2.26. The Labute approximate surface area is 115 Å². The highest BCUT2D eigenvalue weighted by atomic mass is 35.5. The summed E-state index contributed by atoms with van der Waals surface area (Å²) in [6.07, 6.45) is 2.96. The number of carbonyl (C=O) groups excluding carboxylic acids is 2. The molecule has 0 radical (unpaired) electrons. The molecule has 2 unspecified atom stereocenters. The number of nitrogens with two attached hydrogens (primary N) is 1. The fourth-order valence-corrected chi connectivity index (χ4v) is 1.55. The van der Waals surface area contributed by atoms with E-state index in [1.54, 1.807) is 7.05 Å². The van der Waals surface area contributed by atoms with E-state index in [2.05, 4.69) is 5.32 Å². The minimum absolute atomic E-state index is 0. The molecule has 1 rings (SSSR count). The first-order valence-electron chi connectivity index (χ1n) is 6.25. The summed E-state index contributed by atoms with van der Waals surface area (Å²) >= 11 is 0. The number of nitrogens with zero attached hydrogens (tertiary/aromatic N) is 1. The molecule has 0 saturated heterocycles. The Morgan fingerprint density at radius 1 is 1.44 bits per heavy atom. The molecule has 1 fully saturated rings. The molecular weight excluding hydrogens is 254 g/mol. The molecule has 2 amide bonds. The van der Waals surface area contributed by atoms with Gasteiger partial charge in [0.1, 0.15) is 0 Å². The first-order valence-corrected chi connectivity index (χ1v) is 6.25. The monoisotopic (exact) mass is 277 g/mol. The molecule has 0 spiro atoms. The lowest BCUT2D eigenvalue weighted by atomic mass is 9.99. The number of hydrogen-bond acceptors (Lipinski definition) is 3. The smallest absolute Gasteiger partial charge is 0.239 e. The fraction of sp³-hybridized carbons (Fsp3) is 0.833. The largest absolute Gasteiger partial charge is 0.352 e. The maximum atomic E-state index is 11.9. The van der Waals surface area contributed by atoms with Crippen LogP contribution in [0, 0.1) is 5.92 Å². The van der Waals surface area contributed by atoms with Crippen molar-refractivity contribution in [2.45, 2.75) is 45.2 Å². The van der Waals surface area contributed by atoms with E-state index in [0.29, 0.717) is 6.04 Å². The van der Waals surface area contributed by atoms with Gasteiger partial charge in [0.15, 0.2) is 0 Å². The van der Waals surface area contributed by atoms with Crippen LogP contribution in [-0.2, 0) is 9.59 Å². The van der Waals surface area contributed by atoms with Gasteiger partial charge in [0.25, 0.3) is 0 Å². The predicted octanol–water partition coefficient (Wildman–Crippen LogP) is 0.519. The summed E-state index contributed by atoms with van der Waals surface area (Å²) in [5.74, 6) is -0.124. The van der Waals surface area contributed by atoms with E-state index < -0.39 is 6.04 Å². The van der Waals surface area contributed by atoms with Crippen LogP contribution in [0.4, 0.5) is 0 Å². The summed E-state index contributed by atoms with van der Waals surface area (Å²) in [6.45, 7) is 4.04. The zero-order valence-electron chi connectivity index (χ0n) is 11.3. The van der Waals surface area contributed by atoms with E-state index in [1.807, 2.05) is 13.8 Å². The first-order chi connectivity index (χ1) is 7.95. The van der Waals surface area contributed by atoms with E-state index in [9.17, 15) is 9.59 Å². The van der Waals surface area contributed by atoms with E-state index in [0.717, 1.165) is 19.3 Å². The number of hydrogen-bond donors (Lipinski definition) is 2. The Bertz CT molecular complexity index is 295. The van der Waals surface area contributed by atoms with Crippen LogP contribution in [-0.4, -0.2) is 42.4 Å². The van der Waals surface area contributed by atoms with E-state index >= 15 is 0 Å². The van der Waals surface area contributed by atoms with Gasteiger partial charge in [-0.3, -0.25) is 9.59 Å². The molecule has 5 nitrogen and oxygen atoms in total. The second kappa shape index (κ2) is 7.59. The highest BCUT2D eigenvalue weighted by molar-refractivity contribution is 5.87. The molecule has 0 aromatic rings. The van der Waals surface area contributed by atoms with E-state index in [4.69, 9.17) is 5.73 Å². The van der Waals surface area contributed by atoms with Gasteiger partial charge in [0, 0.05) is 13.1 Å². The standard InChI is InChI=1S/C12H23N3O2.ClH/c1-4-8(2)11(13)12(17)15(3)7-10(16)14-9-5-6-9;/h8-9,11H,4-7,13H2,1-3H3,(H,14,16);1H. The lowest BCUT2D eigenvalue weighted by molar-refractivity contribution is -0.136. The van der Waals surface area contributed by atoms with Crippen molar-refractivity contribution >= 4 is 24.2 Å². The number of halogens is 1. The van der Waals surface area contributed by atoms with Gasteiger partial charge >= 0.3 is 0 Å². The van der Waals surface area contributed by atoms with Crippen molar-refractivity contribution in [3.05, 3.63) is 0 Å². The summed E-state index contributed by atoms with van der Waals surface area (Å²) < 4.78 is 0. The van der Waals surface area contributed by atoms with Gasteiger partial charge in [-0.25, -0.2) is 0 Å². The van der Waals surface area contributed by atoms with Gasteiger partial charge in [-0.15, -0.1) is 12.4 Å². The Kier molecular flexibility index (Phi) is 7.25. The second-order valence-electron chi connectivity index (χ2n) is 4.95. The normalized spacial score (nSPS) is 17.3. The van der Waals surface area contributed by atoms with Gasteiger partial charge < -0.3 is 16.0 Å². The summed E-state index contributed by atoms with van der Waals surface area (Å²) in [6, 6.07) is -0.187. The van der Waals surface area contributed by atoms with Crippen molar-refractivity contribution in [3.63, 3.8) is 0 Å². The third kappa shape index (κ3) is 5.23. The summed E-state index contributed by atoms with van der Waals surface area (Å²) in [7, 11) is 1.62. The molecule has 0 aromatic carbocycles. The van der Waals surface area contributed by atoms with Crippen LogP contribution in [0.1, 0.15) is 33.1 Å². The Morgan fingerprint density at radius 3 is 2.44 bits per heavy atom. The van der Waals surface area contributed by atoms with Crippen LogP contribution in [0.5, 0.6) is 0 Å². The molecule has 0 aromatic heterocycles. The molecule has 1 saturated carbocycles. The van der Waals surface area contributed by atoms with Crippen LogP contribution in [0.2, 0.25) is 0 Å². The molecule has 0 heterocycles. The van der Waals surface area contributed by atoms with Gasteiger partial charge in [-0.05, 0) is 18.8 Å². The van der Waals surface area contributed by atoms with Crippen LogP contribution in [0.15, 0.2) is 0 Å². The maximum Gasteiger partial charge on any atom is 0.239 e. The Hall–Kier alpha value is -0.810. The van der Waals surface area contributed by atoms with E-state index in [-0.39, 0.29) is 36.7 Å². The SMILES string of the molecule is CCC(C)C(N)C(=O)N(C)CC(=O)NC1CC1.Cl. The Balaban J connectivity index is 0.00000289. The van der Waals surface area contributed by atoms with Crippen molar-refractivity contribution in [1.29, 1.82) is 0 Å². The molecule has 6 heteroatoms. The van der Waals surface area contributed by atoms with Crippen molar-refractivity contribution in [2.75, 3.05) is 13.6 Å². The minimum Gasteiger partial charge on any atom is -0.352 e. The molecule has 3 N–H and O–H groups in total. The summed E-state index contributed by atoms with van der Waals surface area (Å²) in [4.78, 5) is 24.8. The number of carbonyl (C=O) groups is 2. The number of nitrogens with one attached hydrogen (secondary N) is 1. The second-order valence-corrected chi connectivity index (χ2v) is 4.95. The number of likely N-dealkylation sites (N-methyl/N-ethyl adjacent to an activating group) is 1. The minimum atomic E-state index is -0.515. The molecule has 1 aliphatic rings. The van der Waals surface area contributed by atoms with Crippen LogP contribution < -0.4 is 11.1 Å². The van der Waals surface area contributed by atoms with Gasteiger partial charge in [0.2, 0.25) is 11.8 Å². The average Bonchev–Trinajstić information content (AvgIpc) is 3.09. The quantitative estimate of drug-likeness (QED) is 0.743. The van der Waals surface area contributed by atoms with Gasteiger partial charge in [-0.1, -0.05) is 20.3 Å². The number of rotatable bonds is 6. The lowest BCUT2D eigenvalue weighted by Crippen LogP contribution is -2.48. The zero-order chi connectivity index (χ0) is 13.0. The lowest BCUT2D eigenvalue weighted by Gasteiger charge is -2.24. The highest BCUT2D eigenvalue weighted by Crippen LogP contribution is 2.18. The van der Waals surface area contributed by atoms with Crippen molar-refractivity contribution < 1.29 is 9.59 Å². The van der Waals surface area contributed by atoms with Crippen molar-refractivity contribution in [2.24, 2.45) is 11.7 Å². The maximum absolute atomic E-state index is 11.9. The van der Waals surface area contributed by atoms with Crippen molar-refractivity contribution in [3.8, 4) is 0 Å². The third-order valence-corrected chi connectivity index (χ3v) is 3.24. The van der Waals surface area contributed by atoms with Crippen LogP contribution in [0.3, 0.4) is 0 Å². The predicted molar refractivity (Wildman–Crippen MR) is 73.5 cm³/mol. The molecule has 1 aliphatic carbocycles. The summed E-state index contributed by atoms with van der Waals surface area (Å²) in [5.41, 5.74) is 5.84. The van der Waals surface area contributed by atoms with Crippen LogP contribution in [0.25, 0.3) is 0 Å². The Morgan fingerprint density at radius 2 is 2.00 bits per heavy atom. The third-order valence-electron chi connectivity index (χ3n) is 3.24. The molecule has 18 heavy (non-hydrogen) atoms. The molecule has 0 aliphatic heterocycles. The van der Waals surface area contributed by atoms with Gasteiger partial charge in [0.05, 0.1) is 12.6 Å². The van der Waals surface area contributed by atoms with Gasteiger partial charge in [-0.2, -0.15) is 0 Å². The van der Waals surface area contributed by atoms with Crippen molar-refractivity contribution in [1.82, 2.24) is 10.2 Å². The molecule has 0 bridgehead atoms. The topological polar surface area (TPSA) is 75.4 Å². The first kappa shape index (κ1) is 17.2. The average molecular weight is 278 g/mol. The zero-order valence-corrected chi connectivity index (χ0v) is 12.1. The number of amides is 2.